The normalized spacial score (nSPS) is 10.0. The number of halogens is 2. The summed E-state index contributed by atoms with van der Waals surface area (Å²) in [5.74, 6) is -0.975. The quantitative estimate of drug-likeness (QED) is 0.611. The Bertz CT molecular complexity index is 675. The first-order valence-electron chi connectivity index (χ1n) is 6.04. The summed E-state index contributed by atoms with van der Waals surface area (Å²) in [6, 6.07) is 13.8. The van der Waals surface area contributed by atoms with E-state index in [9.17, 15) is 9.59 Å². The van der Waals surface area contributed by atoms with Crippen LogP contribution in [-0.2, 0) is 9.53 Å². The molecule has 0 spiro atoms. The monoisotopic (exact) mass is 415 g/mol. The molecule has 0 aromatic heterocycles. The smallest absolute Gasteiger partial charge is 0.339 e. The van der Waals surface area contributed by atoms with Crippen molar-refractivity contribution in [3.05, 3.63) is 62.7 Å². The van der Waals surface area contributed by atoms with Gasteiger partial charge in [-0.1, -0.05) is 35.9 Å². The molecule has 21 heavy (non-hydrogen) atoms. The second-order valence-corrected chi connectivity index (χ2v) is 5.65. The van der Waals surface area contributed by atoms with Crippen LogP contribution in [0.4, 0.5) is 5.69 Å². The van der Waals surface area contributed by atoms with Crippen LogP contribution in [0.15, 0.2) is 48.5 Å². The number of anilines is 1. The Morgan fingerprint density at radius 1 is 1.10 bits per heavy atom. The molecular weight excluding hydrogens is 405 g/mol. The van der Waals surface area contributed by atoms with Crippen LogP contribution in [0.3, 0.4) is 0 Å². The SMILES string of the molecule is O=C(COC(=O)c1ccccc1I)Nc1ccccc1Cl. The lowest BCUT2D eigenvalue weighted by atomic mass is 10.2. The highest BCUT2D eigenvalue weighted by Gasteiger charge is 2.13. The highest BCUT2D eigenvalue weighted by Crippen LogP contribution is 2.20. The van der Waals surface area contributed by atoms with Crippen LogP contribution in [0.25, 0.3) is 0 Å². The van der Waals surface area contributed by atoms with Crippen molar-refractivity contribution < 1.29 is 14.3 Å². The lowest BCUT2D eigenvalue weighted by molar-refractivity contribution is -0.119. The highest BCUT2D eigenvalue weighted by molar-refractivity contribution is 14.1. The van der Waals surface area contributed by atoms with Crippen molar-refractivity contribution in [3.63, 3.8) is 0 Å². The number of carbonyl (C=O) groups excluding carboxylic acids is 2. The number of nitrogens with one attached hydrogen (secondary N) is 1. The summed E-state index contributed by atoms with van der Waals surface area (Å²) in [5, 5.41) is 3.01. The minimum Gasteiger partial charge on any atom is -0.452 e. The molecule has 0 atom stereocenters. The van der Waals surface area contributed by atoms with E-state index in [1.807, 2.05) is 28.7 Å². The number of para-hydroxylation sites is 1. The number of amides is 1. The summed E-state index contributed by atoms with van der Waals surface area (Å²) >= 11 is 7.96. The largest absolute Gasteiger partial charge is 0.452 e. The van der Waals surface area contributed by atoms with Crippen LogP contribution in [0.1, 0.15) is 10.4 Å². The fourth-order valence-corrected chi connectivity index (χ4v) is 2.38. The highest BCUT2D eigenvalue weighted by atomic mass is 127. The number of esters is 1. The molecule has 0 aliphatic rings. The van der Waals surface area contributed by atoms with Gasteiger partial charge in [0.25, 0.3) is 5.91 Å². The maximum atomic E-state index is 11.9. The van der Waals surface area contributed by atoms with E-state index in [0.717, 1.165) is 3.57 Å². The first-order chi connectivity index (χ1) is 10.1. The third-order valence-electron chi connectivity index (χ3n) is 2.58. The van der Waals surface area contributed by atoms with Gasteiger partial charge in [-0.05, 0) is 46.9 Å². The lowest BCUT2D eigenvalue weighted by Gasteiger charge is -2.08. The van der Waals surface area contributed by atoms with Crippen LogP contribution in [0.2, 0.25) is 5.02 Å². The molecule has 0 fully saturated rings. The van der Waals surface area contributed by atoms with Crippen molar-refractivity contribution in [2.24, 2.45) is 0 Å². The van der Waals surface area contributed by atoms with E-state index in [1.54, 1.807) is 42.5 Å². The molecule has 1 amide bonds. The van der Waals surface area contributed by atoms with E-state index in [-0.39, 0.29) is 6.61 Å². The molecule has 0 radical (unpaired) electrons. The molecule has 2 rings (SSSR count). The van der Waals surface area contributed by atoms with Crippen LogP contribution in [-0.4, -0.2) is 18.5 Å². The zero-order valence-electron chi connectivity index (χ0n) is 10.8. The molecular formula is C15H11ClINO3. The summed E-state index contributed by atoms with van der Waals surface area (Å²) < 4.78 is 5.75. The van der Waals surface area contributed by atoms with Gasteiger partial charge in [0.15, 0.2) is 6.61 Å². The van der Waals surface area contributed by atoms with Gasteiger partial charge >= 0.3 is 5.97 Å². The molecule has 2 aromatic carbocycles. The third kappa shape index (κ3) is 4.44. The molecule has 0 unspecified atom stereocenters. The maximum absolute atomic E-state index is 11.9. The molecule has 0 bridgehead atoms. The lowest BCUT2D eigenvalue weighted by Crippen LogP contribution is -2.21. The van der Waals surface area contributed by atoms with Gasteiger partial charge in [-0.15, -0.1) is 0 Å². The van der Waals surface area contributed by atoms with Gasteiger partial charge in [-0.3, -0.25) is 4.79 Å². The number of benzene rings is 2. The van der Waals surface area contributed by atoms with Crippen molar-refractivity contribution in [2.45, 2.75) is 0 Å². The molecule has 2 aromatic rings. The Hall–Kier alpha value is -1.60. The third-order valence-corrected chi connectivity index (χ3v) is 3.85. The average Bonchev–Trinajstić information content (AvgIpc) is 2.48. The molecule has 1 N–H and O–H groups in total. The summed E-state index contributed by atoms with van der Waals surface area (Å²) in [7, 11) is 0. The van der Waals surface area contributed by atoms with Crippen molar-refractivity contribution >= 4 is 51.8 Å². The Labute approximate surface area is 140 Å². The topological polar surface area (TPSA) is 55.4 Å². The van der Waals surface area contributed by atoms with Crippen molar-refractivity contribution in [2.75, 3.05) is 11.9 Å². The van der Waals surface area contributed by atoms with E-state index >= 15 is 0 Å². The average molecular weight is 416 g/mol. The molecule has 0 heterocycles. The predicted molar refractivity (Wildman–Crippen MR) is 89.5 cm³/mol. The maximum Gasteiger partial charge on any atom is 0.339 e. The van der Waals surface area contributed by atoms with Crippen LogP contribution in [0.5, 0.6) is 0 Å². The molecule has 108 valence electrons. The molecule has 4 nitrogen and oxygen atoms in total. The molecule has 0 aliphatic carbocycles. The number of hydrogen-bond acceptors (Lipinski definition) is 3. The van der Waals surface area contributed by atoms with Gasteiger partial charge in [0.1, 0.15) is 0 Å². The van der Waals surface area contributed by atoms with Crippen molar-refractivity contribution in [3.8, 4) is 0 Å². The Kier molecular flexibility index (Phi) is 5.58. The minimum absolute atomic E-state index is 0.366. The van der Waals surface area contributed by atoms with Crippen LogP contribution in [0, 0.1) is 3.57 Å². The number of rotatable bonds is 4. The fourth-order valence-electron chi connectivity index (χ4n) is 1.58. The van der Waals surface area contributed by atoms with Gasteiger partial charge in [0.05, 0.1) is 16.3 Å². The number of hydrogen-bond donors (Lipinski definition) is 1. The van der Waals surface area contributed by atoms with E-state index in [2.05, 4.69) is 5.32 Å². The summed E-state index contributed by atoms with van der Waals surface area (Å²) in [6.07, 6.45) is 0. The second-order valence-electron chi connectivity index (χ2n) is 4.08. The van der Waals surface area contributed by atoms with Crippen molar-refractivity contribution in [1.82, 2.24) is 0 Å². The van der Waals surface area contributed by atoms with E-state index < -0.39 is 11.9 Å². The van der Waals surface area contributed by atoms with Gasteiger partial charge < -0.3 is 10.1 Å². The zero-order chi connectivity index (χ0) is 15.2. The van der Waals surface area contributed by atoms with Gasteiger partial charge in [-0.2, -0.15) is 0 Å². The summed E-state index contributed by atoms with van der Waals surface area (Å²) in [5.41, 5.74) is 0.915. The molecule has 6 heteroatoms. The summed E-state index contributed by atoms with van der Waals surface area (Å²) in [4.78, 5) is 23.6. The Morgan fingerprint density at radius 2 is 1.76 bits per heavy atom. The molecule has 0 saturated heterocycles. The Balaban J connectivity index is 1.91. The minimum atomic E-state index is -0.533. The van der Waals surface area contributed by atoms with Crippen molar-refractivity contribution in [1.29, 1.82) is 0 Å². The van der Waals surface area contributed by atoms with Crippen LogP contribution < -0.4 is 5.32 Å². The second kappa shape index (κ2) is 7.42. The fraction of sp³-hybridized carbons (Fsp3) is 0.0667. The Morgan fingerprint density at radius 3 is 2.48 bits per heavy atom. The van der Waals surface area contributed by atoms with Gasteiger partial charge in [0.2, 0.25) is 0 Å². The standard InChI is InChI=1S/C15H11ClINO3/c16-11-6-2-4-8-13(11)18-14(19)9-21-15(20)10-5-1-3-7-12(10)17/h1-8H,9H2,(H,18,19). The first-order valence-corrected chi connectivity index (χ1v) is 7.49. The van der Waals surface area contributed by atoms with Gasteiger partial charge in [-0.25, -0.2) is 4.79 Å². The van der Waals surface area contributed by atoms with Crippen LogP contribution >= 0.6 is 34.2 Å². The van der Waals surface area contributed by atoms with E-state index in [0.29, 0.717) is 16.3 Å². The molecule has 0 saturated carbocycles. The summed E-state index contributed by atoms with van der Waals surface area (Å²) in [6.45, 7) is -0.366. The van der Waals surface area contributed by atoms with E-state index in [4.69, 9.17) is 16.3 Å². The first kappa shape index (κ1) is 15.8. The zero-order valence-corrected chi connectivity index (χ0v) is 13.7. The number of ether oxygens (including phenoxy) is 1. The molecule has 0 aliphatic heterocycles. The van der Waals surface area contributed by atoms with Gasteiger partial charge in [0, 0.05) is 3.57 Å². The predicted octanol–water partition coefficient (Wildman–Crippen LogP) is 3.74. The number of carbonyl (C=O) groups is 2. The van der Waals surface area contributed by atoms with E-state index in [1.165, 1.54) is 0 Å².